The van der Waals surface area contributed by atoms with Crippen LogP contribution in [0.25, 0.3) is 0 Å². The molecule has 0 bridgehead atoms. The van der Waals surface area contributed by atoms with Crippen molar-refractivity contribution in [3.8, 4) is 0 Å². The molecule has 0 heterocycles. The van der Waals surface area contributed by atoms with Crippen molar-refractivity contribution in [3.63, 3.8) is 0 Å². The number of nitrogens with zero attached hydrogens (tertiary/aromatic N) is 2. The summed E-state index contributed by atoms with van der Waals surface area (Å²) in [5.41, 5.74) is 2.26. The number of rotatable bonds is 4. The van der Waals surface area contributed by atoms with Gasteiger partial charge in [0.2, 0.25) is 5.96 Å². The minimum atomic E-state index is -4.23. The van der Waals surface area contributed by atoms with Crippen LogP contribution in [-0.2, 0) is 0 Å². The third-order valence-corrected chi connectivity index (χ3v) is 2.22. The third-order valence-electron chi connectivity index (χ3n) is 2.22. The molecule has 94 valence electrons. The molecule has 1 rings (SSSR count). The van der Waals surface area contributed by atoms with Gasteiger partial charge in [0, 0.05) is 12.6 Å². The van der Waals surface area contributed by atoms with Gasteiger partial charge in [0.25, 0.3) is 0 Å². The molecule has 0 atom stereocenters. The van der Waals surface area contributed by atoms with Crippen molar-refractivity contribution in [3.05, 3.63) is 0 Å². The van der Waals surface area contributed by atoms with Crippen molar-refractivity contribution in [1.29, 1.82) is 0 Å². The highest BCUT2D eigenvalue weighted by atomic mass is 19.4. The Kier molecular flexibility index (Phi) is 4.40. The number of hydrogen-bond donors (Lipinski definition) is 2. The fourth-order valence-electron chi connectivity index (χ4n) is 1.39. The van der Waals surface area contributed by atoms with E-state index in [1.165, 1.54) is 4.90 Å². The summed E-state index contributed by atoms with van der Waals surface area (Å²) >= 11 is 0. The first-order valence-corrected chi connectivity index (χ1v) is 5.32. The van der Waals surface area contributed by atoms with Gasteiger partial charge < -0.3 is 4.90 Å². The maximum absolute atomic E-state index is 12.3. The molecule has 4 nitrogen and oxygen atoms in total. The maximum Gasteiger partial charge on any atom is 0.406 e. The number of hydrazine groups is 1. The second kappa shape index (κ2) is 5.38. The number of nitrogens with two attached hydrogens (primary N) is 1. The van der Waals surface area contributed by atoms with E-state index in [2.05, 4.69) is 10.4 Å². The van der Waals surface area contributed by atoms with Gasteiger partial charge in [-0.1, -0.05) is 6.92 Å². The van der Waals surface area contributed by atoms with Gasteiger partial charge in [0.1, 0.15) is 6.54 Å². The van der Waals surface area contributed by atoms with Crippen LogP contribution in [0.15, 0.2) is 4.99 Å². The molecule has 0 saturated heterocycles. The van der Waals surface area contributed by atoms with Crippen LogP contribution in [0, 0.1) is 0 Å². The van der Waals surface area contributed by atoms with Gasteiger partial charge in [0.15, 0.2) is 0 Å². The van der Waals surface area contributed by atoms with Gasteiger partial charge >= 0.3 is 6.18 Å². The van der Waals surface area contributed by atoms with Crippen molar-refractivity contribution in [2.45, 2.75) is 38.4 Å². The zero-order valence-corrected chi connectivity index (χ0v) is 9.22. The smallest absolute Gasteiger partial charge is 0.330 e. The van der Waals surface area contributed by atoms with E-state index in [0.717, 1.165) is 19.3 Å². The van der Waals surface area contributed by atoms with Crippen molar-refractivity contribution in [2.24, 2.45) is 10.8 Å². The first-order chi connectivity index (χ1) is 7.48. The molecule has 0 amide bonds. The van der Waals surface area contributed by atoms with Crippen LogP contribution in [0.5, 0.6) is 0 Å². The van der Waals surface area contributed by atoms with E-state index < -0.39 is 12.7 Å². The second-order valence-electron chi connectivity index (χ2n) is 3.82. The molecule has 0 unspecified atom stereocenters. The van der Waals surface area contributed by atoms with Crippen LogP contribution in [0.3, 0.4) is 0 Å². The predicted octanol–water partition coefficient (Wildman–Crippen LogP) is 1.24. The van der Waals surface area contributed by atoms with E-state index in [1.54, 1.807) is 0 Å². The molecular formula is C9H17F3N4. The Morgan fingerprint density at radius 1 is 1.50 bits per heavy atom. The Balaban J connectivity index is 2.66. The molecule has 16 heavy (non-hydrogen) atoms. The van der Waals surface area contributed by atoms with E-state index in [4.69, 9.17) is 5.84 Å². The molecule has 1 aliphatic carbocycles. The van der Waals surface area contributed by atoms with Crippen LogP contribution in [0.2, 0.25) is 0 Å². The summed E-state index contributed by atoms with van der Waals surface area (Å²) in [5.74, 6) is 5.35. The monoisotopic (exact) mass is 238 g/mol. The lowest BCUT2D eigenvalue weighted by molar-refractivity contribution is -0.139. The number of hydrogen-bond acceptors (Lipinski definition) is 2. The number of aliphatic imine (C=N–C) groups is 1. The summed E-state index contributed by atoms with van der Waals surface area (Å²) in [6, 6.07) is -0.0757. The SMILES string of the molecule is CCCN=C(NN)N(CC(F)(F)F)C1CC1. The van der Waals surface area contributed by atoms with Crippen molar-refractivity contribution < 1.29 is 13.2 Å². The van der Waals surface area contributed by atoms with Crippen LogP contribution in [0.1, 0.15) is 26.2 Å². The average Bonchev–Trinajstić information content (AvgIpc) is 2.98. The van der Waals surface area contributed by atoms with Crippen molar-refractivity contribution in [1.82, 2.24) is 10.3 Å². The van der Waals surface area contributed by atoms with Crippen molar-refractivity contribution in [2.75, 3.05) is 13.1 Å². The number of nitrogens with one attached hydrogen (secondary N) is 1. The maximum atomic E-state index is 12.3. The lowest BCUT2D eigenvalue weighted by Gasteiger charge is -2.26. The molecule has 1 saturated carbocycles. The quantitative estimate of drug-likeness (QED) is 0.335. The lowest BCUT2D eigenvalue weighted by Crippen LogP contribution is -2.49. The van der Waals surface area contributed by atoms with Gasteiger partial charge in [-0.25, -0.2) is 5.84 Å². The van der Waals surface area contributed by atoms with E-state index in [0.29, 0.717) is 6.54 Å². The van der Waals surface area contributed by atoms with E-state index >= 15 is 0 Å². The summed E-state index contributed by atoms with van der Waals surface area (Å²) in [7, 11) is 0. The number of halogens is 3. The summed E-state index contributed by atoms with van der Waals surface area (Å²) in [5, 5.41) is 0. The topological polar surface area (TPSA) is 53.6 Å². The highest BCUT2D eigenvalue weighted by Gasteiger charge is 2.39. The zero-order chi connectivity index (χ0) is 12.2. The van der Waals surface area contributed by atoms with Gasteiger partial charge in [0.05, 0.1) is 0 Å². The molecule has 0 aromatic heterocycles. The van der Waals surface area contributed by atoms with E-state index in [-0.39, 0.29) is 12.0 Å². The molecule has 3 N–H and O–H groups in total. The summed E-state index contributed by atoms with van der Waals surface area (Å²) < 4.78 is 37.0. The first kappa shape index (κ1) is 13.1. The van der Waals surface area contributed by atoms with E-state index in [9.17, 15) is 13.2 Å². The summed E-state index contributed by atoms with van der Waals surface area (Å²) in [4.78, 5) is 5.22. The number of guanidine groups is 1. The van der Waals surface area contributed by atoms with Gasteiger partial charge in [-0.15, -0.1) is 0 Å². The highest BCUT2D eigenvalue weighted by Crippen LogP contribution is 2.30. The van der Waals surface area contributed by atoms with Crippen LogP contribution in [0.4, 0.5) is 13.2 Å². The zero-order valence-electron chi connectivity index (χ0n) is 9.22. The third kappa shape index (κ3) is 4.26. The molecule has 0 radical (unpaired) electrons. The largest absolute Gasteiger partial charge is 0.406 e. The molecule has 0 aromatic rings. The number of alkyl halides is 3. The second-order valence-corrected chi connectivity index (χ2v) is 3.82. The normalized spacial score (nSPS) is 17.4. The Bertz CT molecular complexity index is 248. The predicted molar refractivity (Wildman–Crippen MR) is 55.7 cm³/mol. The highest BCUT2D eigenvalue weighted by molar-refractivity contribution is 5.80. The molecule has 1 fully saturated rings. The Labute approximate surface area is 92.7 Å². The average molecular weight is 238 g/mol. The molecule has 0 aliphatic heterocycles. The van der Waals surface area contributed by atoms with Crippen LogP contribution < -0.4 is 11.3 Å². The fourth-order valence-corrected chi connectivity index (χ4v) is 1.39. The summed E-state index contributed by atoms with van der Waals surface area (Å²) in [6.45, 7) is 1.38. The van der Waals surface area contributed by atoms with Gasteiger partial charge in [-0.2, -0.15) is 13.2 Å². The first-order valence-electron chi connectivity index (χ1n) is 5.32. The minimum Gasteiger partial charge on any atom is -0.330 e. The van der Waals surface area contributed by atoms with Crippen LogP contribution >= 0.6 is 0 Å². The Morgan fingerprint density at radius 3 is 2.50 bits per heavy atom. The lowest BCUT2D eigenvalue weighted by atomic mass is 10.4. The fraction of sp³-hybridized carbons (Fsp3) is 0.889. The van der Waals surface area contributed by atoms with Gasteiger partial charge in [-0.05, 0) is 19.3 Å². The molecular weight excluding hydrogens is 221 g/mol. The summed E-state index contributed by atoms with van der Waals surface area (Å²) in [6.07, 6.45) is -1.92. The Hall–Kier alpha value is -0.980. The standard InChI is InChI=1S/C9H17F3N4/c1-2-5-14-8(15-13)16(7-3-4-7)6-9(10,11)12/h7H,2-6,13H2,1H3,(H,14,15). The van der Waals surface area contributed by atoms with Crippen LogP contribution in [-0.4, -0.2) is 36.2 Å². The minimum absolute atomic E-state index is 0.0757. The van der Waals surface area contributed by atoms with Gasteiger partial charge in [-0.3, -0.25) is 10.4 Å². The molecule has 7 heteroatoms. The Morgan fingerprint density at radius 2 is 2.12 bits per heavy atom. The molecule has 1 aliphatic rings. The molecule has 0 aromatic carbocycles. The van der Waals surface area contributed by atoms with Crippen molar-refractivity contribution >= 4 is 5.96 Å². The van der Waals surface area contributed by atoms with E-state index in [1.807, 2.05) is 6.92 Å². The molecule has 0 spiro atoms.